The summed E-state index contributed by atoms with van der Waals surface area (Å²) >= 11 is 1.59. The fraction of sp³-hybridized carbons (Fsp3) is 0.818. The summed E-state index contributed by atoms with van der Waals surface area (Å²) in [5, 5.41) is 1.18. The smallest absolute Gasteiger partial charge is 0.205 e. The summed E-state index contributed by atoms with van der Waals surface area (Å²) in [4.78, 5) is 7.18. The van der Waals surface area contributed by atoms with Gasteiger partial charge in [-0.05, 0) is 32.1 Å². The van der Waals surface area contributed by atoms with Crippen LogP contribution in [0.4, 0.5) is 5.13 Å². The molecular formula is C11H17N3S. The minimum absolute atomic E-state index is 0.765. The molecule has 1 aromatic heterocycles. The van der Waals surface area contributed by atoms with Gasteiger partial charge in [-0.15, -0.1) is 0 Å². The van der Waals surface area contributed by atoms with E-state index in [4.69, 9.17) is 0 Å². The third kappa shape index (κ3) is 1.55. The van der Waals surface area contributed by atoms with E-state index in [0.717, 1.165) is 24.3 Å². The highest BCUT2D eigenvalue weighted by molar-refractivity contribution is 7.09. The van der Waals surface area contributed by atoms with Crippen LogP contribution in [-0.4, -0.2) is 21.4 Å². The number of piperidine rings is 1. The van der Waals surface area contributed by atoms with Crippen molar-refractivity contribution < 1.29 is 0 Å². The molecule has 2 bridgehead atoms. The average Bonchev–Trinajstić information content (AvgIpc) is 2.81. The first-order valence-electron chi connectivity index (χ1n) is 5.99. The Morgan fingerprint density at radius 1 is 1.27 bits per heavy atom. The number of aromatic nitrogens is 2. The standard InChI is InChI=1S/C11H17N3S/c1-2-10-12-11(15-13-10)14-8-4-3-5-9(14)7-6-8/h8-9H,2-7H2,1H3. The van der Waals surface area contributed by atoms with Crippen LogP contribution >= 0.6 is 11.5 Å². The van der Waals surface area contributed by atoms with E-state index in [1.807, 2.05) is 0 Å². The van der Waals surface area contributed by atoms with Crippen LogP contribution in [0, 0.1) is 0 Å². The lowest BCUT2D eigenvalue weighted by Gasteiger charge is -2.34. The largest absolute Gasteiger partial charge is 0.341 e. The van der Waals surface area contributed by atoms with Crippen molar-refractivity contribution in [3.05, 3.63) is 5.82 Å². The lowest BCUT2D eigenvalue weighted by atomic mass is 10.0. The van der Waals surface area contributed by atoms with E-state index in [-0.39, 0.29) is 0 Å². The zero-order valence-electron chi connectivity index (χ0n) is 9.15. The Hall–Kier alpha value is -0.640. The van der Waals surface area contributed by atoms with Gasteiger partial charge in [-0.3, -0.25) is 0 Å². The molecule has 0 spiro atoms. The van der Waals surface area contributed by atoms with Gasteiger partial charge in [0.1, 0.15) is 5.82 Å². The number of fused-ring (bicyclic) bond motifs is 2. The maximum atomic E-state index is 4.63. The van der Waals surface area contributed by atoms with Crippen molar-refractivity contribution in [1.29, 1.82) is 0 Å². The zero-order chi connectivity index (χ0) is 10.3. The molecule has 2 saturated heterocycles. The Morgan fingerprint density at radius 3 is 2.60 bits per heavy atom. The molecule has 0 N–H and O–H groups in total. The molecule has 3 nitrogen and oxygen atoms in total. The van der Waals surface area contributed by atoms with E-state index in [1.165, 1.54) is 37.2 Å². The molecule has 2 fully saturated rings. The van der Waals surface area contributed by atoms with Crippen LogP contribution in [0.25, 0.3) is 0 Å². The van der Waals surface area contributed by atoms with Gasteiger partial charge in [0.15, 0.2) is 0 Å². The number of rotatable bonds is 2. The van der Waals surface area contributed by atoms with Gasteiger partial charge >= 0.3 is 0 Å². The molecule has 3 rings (SSSR count). The Morgan fingerprint density at radius 2 is 2.00 bits per heavy atom. The van der Waals surface area contributed by atoms with Crippen LogP contribution in [0.15, 0.2) is 0 Å². The zero-order valence-corrected chi connectivity index (χ0v) is 9.96. The summed E-state index contributed by atoms with van der Waals surface area (Å²) < 4.78 is 4.40. The van der Waals surface area contributed by atoms with Gasteiger partial charge < -0.3 is 4.90 Å². The fourth-order valence-corrected chi connectivity index (χ4v) is 3.82. The quantitative estimate of drug-likeness (QED) is 0.771. The highest BCUT2D eigenvalue weighted by Gasteiger charge is 2.38. The topological polar surface area (TPSA) is 29.0 Å². The third-order valence-corrected chi connectivity index (χ3v) is 4.46. The first kappa shape index (κ1) is 9.58. The van der Waals surface area contributed by atoms with Gasteiger partial charge in [0.25, 0.3) is 0 Å². The number of nitrogens with zero attached hydrogens (tertiary/aromatic N) is 3. The summed E-state index contributed by atoms with van der Waals surface area (Å²) in [7, 11) is 0. The maximum Gasteiger partial charge on any atom is 0.205 e. The molecule has 2 aliphatic rings. The van der Waals surface area contributed by atoms with Crippen molar-refractivity contribution in [2.75, 3.05) is 4.90 Å². The van der Waals surface area contributed by atoms with Gasteiger partial charge in [0, 0.05) is 30.0 Å². The van der Waals surface area contributed by atoms with Crippen LogP contribution in [0.2, 0.25) is 0 Å². The van der Waals surface area contributed by atoms with Crippen LogP contribution in [0.1, 0.15) is 44.9 Å². The first-order valence-corrected chi connectivity index (χ1v) is 6.76. The predicted molar refractivity (Wildman–Crippen MR) is 62.4 cm³/mol. The molecule has 82 valence electrons. The SMILES string of the molecule is CCc1nsc(N2C3CCCC2CC3)n1. The summed E-state index contributed by atoms with van der Waals surface area (Å²) in [5.41, 5.74) is 0. The van der Waals surface area contributed by atoms with Crippen molar-refractivity contribution in [3.8, 4) is 0 Å². The Kier molecular flexibility index (Phi) is 2.39. The lowest BCUT2D eigenvalue weighted by Crippen LogP contribution is -2.39. The van der Waals surface area contributed by atoms with Crippen molar-refractivity contribution in [2.24, 2.45) is 0 Å². The van der Waals surface area contributed by atoms with Crippen LogP contribution in [0.3, 0.4) is 0 Å². The summed E-state index contributed by atoms with van der Waals surface area (Å²) in [6.07, 6.45) is 7.82. The third-order valence-electron chi connectivity index (χ3n) is 3.69. The Labute approximate surface area is 94.7 Å². The van der Waals surface area contributed by atoms with Gasteiger partial charge in [-0.1, -0.05) is 6.92 Å². The molecule has 3 heterocycles. The molecule has 0 radical (unpaired) electrons. The molecule has 15 heavy (non-hydrogen) atoms. The number of anilines is 1. The molecule has 4 heteroatoms. The van der Waals surface area contributed by atoms with E-state index in [0.29, 0.717) is 0 Å². The van der Waals surface area contributed by atoms with E-state index in [2.05, 4.69) is 21.2 Å². The van der Waals surface area contributed by atoms with Gasteiger partial charge in [-0.2, -0.15) is 4.37 Å². The number of aryl methyl sites for hydroxylation is 1. The van der Waals surface area contributed by atoms with Crippen molar-refractivity contribution in [1.82, 2.24) is 9.36 Å². The lowest BCUT2D eigenvalue weighted by molar-refractivity contribution is 0.467. The highest BCUT2D eigenvalue weighted by atomic mass is 32.1. The second kappa shape index (κ2) is 3.74. The molecule has 0 aromatic carbocycles. The summed E-state index contributed by atoms with van der Waals surface area (Å²) in [5.74, 6) is 1.01. The van der Waals surface area contributed by atoms with Gasteiger partial charge in [0.05, 0.1) is 0 Å². The van der Waals surface area contributed by atoms with Gasteiger partial charge in [-0.25, -0.2) is 4.98 Å². The average molecular weight is 223 g/mol. The molecule has 1 aromatic rings. The normalized spacial score (nSPS) is 29.8. The second-order valence-corrected chi connectivity index (χ2v) is 5.30. The second-order valence-electron chi connectivity index (χ2n) is 4.57. The summed E-state index contributed by atoms with van der Waals surface area (Å²) in [6.45, 7) is 2.12. The molecule has 2 atom stereocenters. The van der Waals surface area contributed by atoms with E-state index in [1.54, 1.807) is 11.5 Å². The molecule has 2 unspecified atom stereocenters. The number of hydrogen-bond donors (Lipinski definition) is 0. The minimum atomic E-state index is 0.765. The van der Waals surface area contributed by atoms with Crippen molar-refractivity contribution >= 4 is 16.7 Å². The molecule has 0 saturated carbocycles. The Balaban J connectivity index is 1.87. The Bertz CT molecular complexity index is 333. The van der Waals surface area contributed by atoms with Crippen molar-refractivity contribution in [3.63, 3.8) is 0 Å². The van der Waals surface area contributed by atoms with E-state index < -0.39 is 0 Å². The van der Waals surface area contributed by atoms with Crippen LogP contribution in [0.5, 0.6) is 0 Å². The van der Waals surface area contributed by atoms with Gasteiger partial charge in [0.2, 0.25) is 5.13 Å². The minimum Gasteiger partial charge on any atom is -0.341 e. The molecule has 0 amide bonds. The molecule has 0 aliphatic carbocycles. The summed E-state index contributed by atoms with van der Waals surface area (Å²) in [6, 6.07) is 1.53. The monoisotopic (exact) mass is 223 g/mol. The van der Waals surface area contributed by atoms with Crippen LogP contribution < -0.4 is 4.90 Å². The predicted octanol–water partition coefficient (Wildman–Crippen LogP) is 2.62. The first-order chi connectivity index (χ1) is 7.38. The number of hydrogen-bond acceptors (Lipinski definition) is 4. The van der Waals surface area contributed by atoms with Crippen LogP contribution in [-0.2, 0) is 6.42 Å². The molecular weight excluding hydrogens is 206 g/mol. The van der Waals surface area contributed by atoms with Crippen molar-refractivity contribution in [2.45, 2.75) is 57.5 Å². The maximum absolute atomic E-state index is 4.63. The van der Waals surface area contributed by atoms with E-state index >= 15 is 0 Å². The fourth-order valence-electron chi connectivity index (χ4n) is 2.92. The highest BCUT2D eigenvalue weighted by Crippen LogP contribution is 2.39. The molecule has 2 aliphatic heterocycles. The van der Waals surface area contributed by atoms with E-state index in [9.17, 15) is 0 Å².